The standard InChI is InChI=1S/C12H11ClN2O4/c1-12(7-2-4-8(13)5-3-7)10(18)15(6-9(16)17)11(19)14-12/h2-5H,6H2,1H3,(H,14,19)(H,16,17). The largest absolute Gasteiger partial charge is 0.480 e. The first-order chi connectivity index (χ1) is 8.84. The van der Waals surface area contributed by atoms with Crippen LogP contribution in [0.3, 0.4) is 0 Å². The Balaban J connectivity index is 2.35. The van der Waals surface area contributed by atoms with Gasteiger partial charge in [0.05, 0.1) is 0 Å². The molecule has 0 bridgehead atoms. The molecule has 100 valence electrons. The fourth-order valence-electron chi connectivity index (χ4n) is 1.95. The summed E-state index contributed by atoms with van der Waals surface area (Å²) in [5.74, 6) is -1.84. The lowest BCUT2D eigenvalue weighted by atomic mass is 9.92. The van der Waals surface area contributed by atoms with Crippen molar-refractivity contribution >= 4 is 29.5 Å². The summed E-state index contributed by atoms with van der Waals surface area (Å²) < 4.78 is 0. The Morgan fingerprint density at radius 1 is 1.37 bits per heavy atom. The number of carboxylic acids is 1. The maximum absolute atomic E-state index is 12.2. The average Bonchev–Trinajstić information content (AvgIpc) is 2.54. The van der Waals surface area contributed by atoms with Gasteiger partial charge in [0.15, 0.2) is 0 Å². The van der Waals surface area contributed by atoms with E-state index in [0.717, 1.165) is 0 Å². The van der Waals surface area contributed by atoms with E-state index < -0.39 is 30.0 Å². The van der Waals surface area contributed by atoms with Crippen LogP contribution in [0.25, 0.3) is 0 Å². The number of aliphatic carboxylic acids is 1. The van der Waals surface area contributed by atoms with Crippen molar-refractivity contribution in [2.75, 3.05) is 6.54 Å². The molecule has 19 heavy (non-hydrogen) atoms. The van der Waals surface area contributed by atoms with Crippen LogP contribution in [-0.4, -0.2) is 34.5 Å². The number of carbonyl (C=O) groups is 3. The summed E-state index contributed by atoms with van der Waals surface area (Å²) in [6, 6.07) is 5.71. The zero-order chi connectivity index (χ0) is 14.2. The molecule has 1 aliphatic heterocycles. The fraction of sp³-hybridized carbons (Fsp3) is 0.250. The SMILES string of the molecule is CC1(c2ccc(Cl)cc2)NC(=O)N(CC(=O)O)C1=O. The van der Waals surface area contributed by atoms with Gasteiger partial charge in [-0.15, -0.1) is 0 Å². The van der Waals surface area contributed by atoms with Gasteiger partial charge in [0.1, 0.15) is 12.1 Å². The van der Waals surface area contributed by atoms with Crippen molar-refractivity contribution in [1.82, 2.24) is 10.2 Å². The van der Waals surface area contributed by atoms with Gasteiger partial charge in [-0.1, -0.05) is 23.7 Å². The number of carbonyl (C=O) groups excluding carboxylic acids is 2. The van der Waals surface area contributed by atoms with Crippen LogP contribution in [0.4, 0.5) is 4.79 Å². The summed E-state index contributed by atoms with van der Waals surface area (Å²) in [4.78, 5) is 35.2. The van der Waals surface area contributed by atoms with Gasteiger partial charge in [-0.05, 0) is 24.6 Å². The predicted octanol–water partition coefficient (Wildman–Crippen LogP) is 1.19. The highest BCUT2D eigenvalue weighted by atomic mass is 35.5. The highest BCUT2D eigenvalue weighted by molar-refractivity contribution is 6.30. The molecule has 1 unspecified atom stereocenters. The molecule has 0 aromatic heterocycles. The van der Waals surface area contributed by atoms with Gasteiger partial charge in [-0.2, -0.15) is 0 Å². The molecular weight excluding hydrogens is 272 g/mol. The summed E-state index contributed by atoms with van der Waals surface area (Å²) >= 11 is 5.77. The molecule has 0 aliphatic carbocycles. The molecule has 1 saturated heterocycles. The second-order valence-corrected chi connectivity index (χ2v) is 4.78. The third kappa shape index (κ3) is 2.26. The number of rotatable bonds is 3. The molecule has 0 radical (unpaired) electrons. The number of nitrogens with zero attached hydrogens (tertiary/aromatic N) is 1. The zero-order valence-corrected chi connectivity index (χ0v) is 10.8. The van der Waals surface area contributed by atoms with E-state index in [4.69, 9.17) is 16.7 Å². The molecule has 2 N–H and O–H groups in total. The van der Waals surface area contributed by atoms with Crippen LogP contribution in [0.1, 0.15) is 12.5 Å². The Morgan fingerprint density at radius 3 is 2.47 bits per heavy atom. The summed E-state index contributed by atoms with van der Waals surface area (Å²) in [5, 5.41) is 11.7. The summed E-state index contributed by atoms with van der Waals surface area (Å²) in [6.45, 7) is 0.867. The summed E-state index contributed by atoms with van der Waals surface area (Å²) in [5.41, 5.74) is -0.722. The van der Waals surface area contributed by atoms with Gasteiger partial charge in [0.2, 0.25) is 0 Å². The number of carboxylic acid groups (broad SMARTS) is 1. The lowest BCUT2D eigenvalue weighted by Crippen LogP contribution is -2.41. The van der Waals surface area contributed by atoms with Crippen LogP contribution in [0, 0.1) is 0 Å². The topological polar surface area (TPSA) is 86.7 Å². The lowest BCUT2D eigenvalue weighted by Gasteiger charge is -2.21. The van der Waals surface area contributed by atoms with Crippen LogP contribution < -0.4 is 5.32 Å². The molecule has 3 amide bonds. The first-order valence-corrected chi connectivity index (χ1v) is 5.84. The van der Waals surface area contributed by atoms with Crippen molar-refractivity contribution in [3.05, 3.63) is 34.9 Å². The van der Waals surface area contributed by atoms with Crippen LogP contribution in [0.5, 0.6) is 0 Å². The number of hydrogen-bond donors (Lipinski definition) is 2. The Kier molecular flexibility index (Phi) is 3.20. The smallest absolute Gasteiger partial charge is 0.325 e. The number of benzene rings is 1. The van der Waals surface area contributed by atoms with E-state index in [-0.39, 0.29) is 0 Å². The third-order valence-corrected chi connectivity index (χ3v) is 3.24. The zero-order valence-electron chi connectivity index (χ0n) is 10.0. The van der Waals surface area contributed by atoms with Crippen molar-refractivity contribution < 1.29 is 19.5 Å². The summed E-state index contributed by atoms with van der Waals surface area (Å²) in [6.07, 6.45) is 0. The molecular formula is C12H11ClN2O4. The Labute approximate surface area is 114 Å². The molecule has 1 atom stereocenters. The van der Waals surface area contributed by atoms with E-state index in [1.807, 2.05) is 0 Å². The van der Waals surface area contributed by atoms with E-state index in [2.05, 4.69) is 5.32 Å². The molecule has 1 aromatic carbocycles. The quantitative estimate of drug-likeness (QED) is 0.815. The highest BCUT2D eigenvalue weighted by Crippen LogP contribution is 2.29. The van der Waals surface area contributed by atoms with E-state index in [1.165, 1.54) is 6.92 Å². The normalized spacial score (nSPS) is 22.5. The number of hydrogen-bond acceptors (Lipinski definition) is 3. The van der Waals surface area contributed by atoms with E-state index in [1.54, 1.807) is 24.3 Å². The molecule has 0 spiro atoms. The Hall–Kier alpha value is -2.08. The minimum atomic E-state index is -1.27. The first-order valence-electron chi connectivity index (χ1n) is 5.46. The average molecular weight is 283 g/mol. The number of nitrogens with one attached hydrogen (secondary N) is 1. The minimum Gasteiger partial charge on any atom is -0.480 e. The Morgan fingerprint density at radius 2 is 1.95 bits per heavy atom. The highest BCUT2D eigenvalue weighted by Gasteiger charge is 2.49. The maximum atomic E-state index is 12.2. The van der Waals surface area contributed by atoms with Crippen LogP contribution >= 0.6 is 11.6 Å². The molecule has 1 aliphatic rings. The van der Waals surface area contributed by atoms with E-state index >= 15 is 0 Å². The second-order valence-electron chi connectivity index (χ2n) is 4.35. The van der Waals surface area contributed by atoms with Gasteiger partial charge >= 0.3 is 12.0 Å². The molecule has 6 nitrogen and oxygen atoms in total. The summed E-state index contributed by atoms with van der Waals surface area (Å²) in [7, 11) is 0. The number of urea groups is 1. The van der Waals surface area contributed by atoms with Crippen molar-refractivity contribution in [2.24, 2.45) is 0 Å². The van der Waals surface area contributed by atoms with Crippen LogP contribution in [-0.2, 0) is 15.1 Å². The second kappa shape index (κ2) is 4.55. The van der Waals surface area contributed by atoms with Crippen molar-refractivity contribution in [3.8, 4) is 0 Å². The first kappa shape index (κ1) is 13.4. The molecule has 0 saturated carbocycles. The predicted molar refractivity (Wildman–Crippen MR) is 66.7 cm³/mol. The van der Waals surface area contributed by atoms with Crippen molar-refractivity contribution in [2.45, 2.75) is 12.5 Å². The number of amides is 3. The molecule has 1 heterocycles. The maximum Gasteiger partial charge on any atom is 0.325 e. The van der Waals surface area contributed by atoms with Gasteiger partial charge in [-0.25, -0.2) is 4.79 Å². The fourth-order valence-corrected chi connectivity index (χ4v) is 2.08. The van der Waals surface area contributed by atoms with Crippen LogP contribution in [0.2, 0.25) is 5.02 Å². The third-order valence-electron chi connectivity index (χ3n) is 2.99. The van der Waals surface area contributed by atoms with Gasteiger partial charge in [0.25, 0.3) is 5.91 Å². The molecule has 2 rings (SSSR count). The monoisotopic (exact) mass is 282 g/mol. The number of halogens is 1. The van der Waals surface area contributed by atoms with E-state index in [9.17, 15) is 14.4 Å². The Bertz CT molecular complexity index is 557. The molecule has 7 heteroatoms. The number of imide groups is 1. The minimum absolute atomic E-state index is 0.506. The van der Waals surface area contributed by atoms with Gasteiger partial charge in [-0.3, -0.25) is 14.5 Å². The van der Waals surface area contributed by atoms with Crippen molar-refractivity contribution in [1.29, 1.82) is 0 Å². The van der Waals surface area contributed by atoms with Gasteiger partial charge in [0, 0.05) is 5.02 Å². The molecule has 1 aromatic rings. The molecule has 1 fully saturated rings. The van der Waals surface area contributed by atoms with Gasteiger partial charge < -0.3 is 10.4 Å². The lowest BCUT2D eigenvalue weighted by molar-refractivity contribution is -0.142. The van der Waals surface area contributed by atoms with Crippen molar-refractivity contribution in [3.63, 3.8) is 0 Å². The van der Waals surface area contributed by atoms with Crippen LogP contribution in [0.15, 0.2) is 24.3 Å². The van der Waals surface area contributed by atoms with E-state index in [0.29, 0.717) is 15.5 Å².